The Morgan fingerprint density at radius 3 is 1.64 bits per heavy atom. The Morgan fingerprint density at radius 2 is 1.11 bits per heavy atom. The quantitative estimate of drug-likeness (QED) is 0.110. The van der Waals surface area contributed by atoms with Crippen LogP contribution in [0.2, 0.25) is 0 Å². The molecule has 0 aliphatic rings. The highest BCUT2D eigenvalue weighted by Crippen LogP contribution is 2.29. The Kier molecular flexibility index (Phi) is 18.3. The van der Waals surface area contributed by atoms with Crippen LogP contribution in [0.15, 0.2) is 49.1 Å². The molecule has 2 heteroatoms. The summed E-state index contributed by atoms with van der Waals surface area (Å²) in [5.41, 5.74) is 1.50. The van der Waals surface area contributed by atoms with Crippen LogP contribution in [-0.4, -0.2) is 4.98 Å². The summed E-state index contributed by atoms with van der Waals surface area (Å²) < 4.78 is 2.47. The van der Waals surface area contributed by atoms with Gasteiger partial charge in [0.05, 0.1) is 0 Å². The fourth-order valence-electron chi connectivity index (χ4n) is 5.86. The van der Waals surface area contributed by atoms with Crippen molar-refractivity contribution in [2.24, 2.45) is 5.92 Å². The van der Waals surface area contributed by atoms with E-state index in [1.165, 1.54) is 140 Å². The third-order valence-corrected chi connectivity index (χ3v) is 8.12. The standard InChI is InChI=1S/C34H58N2/c1-3-5-7-8-9-10-11-12-13-14-15-16-17-18-23-26-33(30-32-24-21-19-22-25-32)34(27-20-6-4-2)36-29-28-35-31-36/h19,21-22,24-25,28-29,31,33-34H,3-18,20,23,26-27,30H2,1-2H3/p+1. The number of unbranched alkanes of at least 4 members (excludes halogenated alkanes) is 16. The molecule has 36 heavy (non-hydrogen) atoms. The van der Waals surface area contributed by atoms with Crippen molar-refractivity contribution < 1.29 is 4.57 Å². The summed E-state index contributed by atoms with van der Waals surface area (Å²) in [6, 6.07) is 11.8. The van der Waals surface area contributed by atoms with Crippen LogP contribution in [0.4, 0.5) is 0 Å². The molecule has 204 valence electrons. The van der Waals surface area contributed by atoms with E-state index in [1.807, 2.05) is 0 Å². The average molecular weight is 496 g/mol. The molecule has 2 atom stereocenters. The second-order valence-corrected chi connectivity index (χ2v) is 11.3. The molecule has 0 spiro atoms. The van der Waals surface area contributed by atoms with Gasteiger partial charge in [-0.1, -0.05) is 153 Å². The van der Waals surface area contributed by atoms with Gasteiger partial charge in [0.2, 0.25) is 6.33 Å². The molecule has 0 saturated carbocycles. The first-order chi connectivity index (χ1) is 17.8. The molecule has 2 aromatic rings. The Bertz CT molecular complexity index is 693. The van der Waals surface area contributed by atoms with E-state index in [-0.39, 0.29) is 0 Å². The van der Waals surface area contributed by atoms with Gasteiger partial charge in [-0.05, 0) is 31.2 Å². The van der Waals surface area contributed by atoms with Crippen molar-refractivity contribution in [3.63, 3.8) is 0 Å². The summed E-state index contributed by atoms with van der Waals surface area (Å²) >= 11 is 0. The topological polar surface area (TPSA) is 19.7 Å². The van der Waals surface area contributed by atoms with Gasteiger partial charge in [0.25, 0.3) is 0 Å². The van der Waals surface area contributed by atoms with Crippen LogP contribution >= 0.6 is 0 Å². The zero-order valence-corrected chi connectivity index (χ0v) is 24.1. The Morgan fingerprint density at radius 1 is 0.611 bits per heavy atom. The smallest absolute Gasteiger partial charge is 0.241 e. The maximum atomic E-state index is 3.30. The second-order valence-electron chi connectivity index (χ2n) is 11.3. The van der Waals surface area contributed by atoms with E-state index in [2.05, 4.69) is 72.5 Å². The molecule has 1 aromatic carbocycles. The zero-order chi connectivity index (χ0) is 25.5. The summed E-state index contributed by atoms with van der Waals surface area (Å²) in [6.45, 7) is 4.62. The van der Waals surface area contributed by atoms with Gasteiger partial charge in [-0.2, -0.15) is 0 Å². The van der Waals surface area contributed by atoms with Crippen molar-refractivity contribution in [1.82, 2.24) is 4.98 Å². The second kappa shape index (κ2) is 21.5. The number of benzene rings is 1. The van der Waals surface area contributed by atoms with E-state index in [4.69, 9.17) is 0 Å². The van der Waals surface area contributed by atoms with Crippen LogP contribution < -0.4 is 4.57 Å². The number of H-pyrrole nitrogens is 1. The first kappa shape index (κ1) is 30.7. The summed E-state index contributed by atoms with van der Waals surface area (Å²) in [4.78, 5) is 3.30. The van der Waals surface area contributed by atoms with Gasteiger partial charge in [-0.25, -0.2) is 4.57 Å². The highest BCUT2D eigenvalue weighted by atomic mass is 15.1. The highest BCUT2D eigenvalue weighted by Gasteiger charge is 2.26. The van der Waals surface area contributed by atoms with Gasteiger partial charge < -0.3 is 0 Å². The lowest BCUT2D eigenvalue weighted by atomic mass is 9.84. The molecule has 2 unspecified atom stereocenters. The number of aromatic nitrogens is 2. The molecule has 1 aromatic heterocycles. The maximum Gasteiger partial charge on any atom is 0.241 e. The van der Waals surface area contributed by atoms with Crippen molar-refractivity contribution in [1.29, 1.82) is 0 Å². The molecular weight excluding hydrogens is 436 g/mol. The fourth-order valence-corrected chi connectivity index (χ4v) is 5.86. The van der Waals surface area contributed by atoms with Crippen molar-refractivity contribution in [3.05, 3.63) is 54.6 Å². The SMILES string of the molecule is CCCCCCCCCCCCCCCCCC(Cc1ccccc1)C(CCCCC)[n+]1cc[nH]c1. The van der Waals surface area contributed by atoms with Gasteiger partial charge in [-0.3, -0.25) is 4.98 Å². The van der Waals surface area contributed by atoms with Gasteiger partial charge in [0.15, 0.2) is 0 Å². The molecule has 2 nitrogen and oxygen atoms in total. The molecule has 2 rings (SSSR count). The highest BCUT2D eigenvalue weighted by molar-refractivity contribution is 5.15. The number of rotatable bonds is 24. The van der Waals surface area contributed by atoms with Gasteiger partial charge in [0, 0.05) is 5.92 Å². The lowest BCUT2D eigenvalue weighted by Gasteiger charge is -2.25. The van der Waals surface area contributed by atoms with Crippen molar-refractivity contribution in [3.8, 4) is 0 Å². The monoisotopic (exact) mass is 495 g/mol. The van der Waals surface area contributed by atoms with Gasteiger partial charge in [0.1, 0.15) is 18.4 Å². The number of hydrogen-bond donors (Lipinski definition) is 1. The van der Waals surface area contributed by atoms with E-state index < -0.39 is 0 Å². The molecular formula is C34H59N2+. The molecule has 0 bridgehead atoms. The van der Waals surface area contributed by atoms with Crippen LogP contribution in [0.25, 0.3) is 0 Å². The number of imidazole rings is 1. The van der Waals surface area contributed by atoms with E-state index in [1.54, 1.807) is 0 Å². The maximum absolute atomic E-state index is 3.30. The number of aromatic amines is 1. The normalized spacial score (nSPS) is 13.2. The molecule has 1 heterocycles. The van der Waals surface area contributed by atoms with Crippen LogP contribution in [0, 0.1) is 5.92 Å². The fraction of sp³-hybridized carbons (Fsp3) is 0.735. The number of hydrogen-bond acceptors (Lipinski definition) is 0. The predicted octanol–water partition coefficient (Wildman–Crippen LogP) is 10.5. The third-order valence-electron chi connectivity index (χ3n) is 8.12. The van der Waals surface area contributed by atoms with E-state index in [9.17, 15) is 0 Å². The van der Waals surface area contributed by atoms with Crippen LogP contribution in [0.1, 0.15) is 154 Å². The first-order valence-corrected chi connectivity index (χ1v) is 15.9. The van der Waals surface area contributed by atoms with E-state index in [0.29, 0.717) is 12.0 Å². The van der Waals surface area contributed by atoms with E-state index in [0.717, 1.165) is 0 Å². The van der Waals surface area contributed by atoms with Crippen molar-refractivity contribution in [2.45, 2.75) is 155 Å². The largest absolute Gasteiger partial charge is 0.250 e. The zero-order valence-electron chi connectivity index (χ0n) is 24.1. The summed E-state index contributed by atoms with van der Waals surface area (Å²) in [5, 5.41) is 0. The van der Waals surface area contributed by atoms with Crippen molar-refractivity contribution in [2.75, 3.05) is 0 Å². The molecule has 0 amide bonds. The summed E-state index contributed by atoms with van der Waals surface area (Å²) in [7, 11) is 0. The molecule has 0 aliphatic carbocycles. The molecule has 0 fully saturated rings. The minimum absolute atomic E-state index is 0.606. The van der Waals surface area contributed by atoms with Gasteiger partial charge in [-0.15, -0.1) is 0 Å². The Balaban J connectivity index is 1.65. The minimum Gasteiger partial charge on any atom is -0.250 e. The van der Waals surface area contributed by atoms with Crippen molar-refractivity contribution >= 4 is 0 Å². The lowest BCUT2D eigenvalue weighted by Crippen LogP contribution is -2.42. The lowest BCUT2D eigenvalue weighted by molar-refractivity contribution is -0.730. The Labute approximate surface area is 224 Å². The molecule has 0 aliphatic heterocycles. The number of nitrogens with one attached hydrogen (secondary N) is 1. The third kappa shape index (κ3) is 14.2. The minimum atomic E-state index is 0.606. The van der Waals surface area contributed by atoms with Crippen LogP contribution in [-0.2, 0) is 6.42 Å². The summed E-state index contributed by atoms with van der Waals surface area (Å²) in [5.74, 6) is 0.715. The summed E-state index contributed by atoms with van der Waals surface area (Å²) in [6.07, 6.45) is 35.9. The van der Waals surface area contributed by atoms with Gasteiger partial charge >= 0.3 is 0 Å². The Hall–Kier alpha value is -1.57. The molecule has 0 radical (unpaired) electrons. The number of nitrogens with zero attached hydrogens (tertiary/aromatic N) is 1. The molecule has 1 N–H and O–H groups in total. The molecule has 0 saturated heterocycles. The predicted molar refractivity (Wildman–Crippen MR) is 157 cm³/mol. The first-order valence-electron chi connectivity index (χ1n) is 15.9. The average Bonchev–Trinajstić information content (AvgIpc) is 3.44. The van der Waals surface area contributed by atoms with Crippen LogP contribution in [0.5, 0.6) is 0 Å². The van der Waals surface area contributed by atoms with E-state index >= 15 is 0 Å². The van der Waals surface area contributed by atoms with Crippen LogP contribution in [0.3, 0.4) is 0 Å².